The molecule has 0 unspecified atom stereocenters. The molecule has 0 saturated carbocycles. The lowest BCUT2D eigenvalue weighted by atomic mass is 9.95. The van der Waals surface area contributed by atoms with Crippen molar-refractivity contribution in [1.82, 2.24) is 9.88 Å². The highest BCUT2D eigenvalue weighted by Gasteiger charge is 2.27. The number of esters is 1. The third kappa shape index (κ3) is 5.25. The van der Waals surface area contributed by atoms with Crippen LogP contribution in [0.25, 0.3) is 10.9 Å². The Morgan fingerprint density at radius 1 is 1.06 bits per heavy atom. The van der Waals surface area contributed by atoms with E-state index in [4.69, 9.17) is 21.3 Å². The molecule has 0 bridgehead atoms. The summed E-state index contributed by atoms with van der Waals surface area (Å²) in [7, 11) is 0. The van der Waals surface area contributed by atoms with Gasteiger partial charge < -0.3 is 10.1 Å². The quantitative estimate of drug-likeness (QED) is 0.352. The normalized spacial score (nSPS) is 13.3. The van der Waals surface area contributed by atoms with E-state index in [-0.39, 0.29) is 0 Å². The summed E-state index contributed by atoms with van der Waals surface area (Å²) in [5, 5.41) is 4.02. The van der Waals surface area contributed by atoms with Gasteiger partial charge in [0.2, 0.25) is 0 Å². The van der Waals surface area contributed by atoms with E-state index < -0.39 is 18.5 Å². The lowest BCUT2D eigenvalue weighted by Gasteiger charge is -2.30. The Bertz CT molecular complexity index is 1440. The minimum atomic E-state index is -0.524. The van der Waals surface area contributed by atoms with Crippen LogP contribution < -0.4 is 5.32 Å². The first-order chi connectivity index (χ1) is 17.5. The molecule has 1 aliphatic heterocycles. The molecule has 182 valence electrons. The van der Waals surface area contributed by atoms with Crippen LogP contribution in [0.1, 0.15) is 32.7 Å². The third-order valence-corrected chi connectivity index (χ3v) is 6.62. The minimum absolute atomic E-state index is 0.399. The van der Waals surface area contributed by atoms with E-state index in [9.17, 15) is 9.59 Å². The SMILES string of the molecule is Cc1ccc(Cl)cc1NC(=O)COC(=O)c1c2c(nc3ccccc13)CCN(Cc1ccccc1)C2. The molecule has 7 heteroatoms. The molecule has 5 rings (SSSR count). The predicted molar refractivity (Wildman–Crippen MR) is 141 cm³/mol. The molecule has 36 heavy (non-hydrogen) atoms. The largest absolute Gasteiger partial charge is 0.452 e. The second-order valence-electron chi connectivity index (χ2n) is 8.96. The monoisotopic (exact) mass is 499 g/mol. The molecule has 2 heterocycles. The second kappa shape index (κ2) is 10.5. The number of fused-ring (bicyclic) bond motifs is 2. The topological polar surface area (TPSA) is 71.5 Å². The average molecular weight is 500 g/mol. The Morgan fingerprint density at radius 2 is 1.83 bits per heavy atom. The van der Waals surface area contributed by atoms with Gasteiger partial charge in [-0.15, -0.1) is 0 Å². The number of para-hydroxylation sites is 1. The zero-order valence-corrected chi connectivity index (χ0v) is 20.7. The van der Waals surface area contributed by atoms with Crippen LogP contribution in [0.5, 0.6) is 0 Å². The van der Waals surface area contributed by atoms with Crippen LogP contribution in [0.15, 0.2) is 72.8 Å². The van der Waals surface area contributed by atoms with E-state index in [2.05, 4.69) is 22.3 Å². The van der Waals surface area contributed by atoms with Crippen molar-refractivity contribution in [3.8, 4) is 0 Å². The standard InChI is InChI=1S/C29H26ClN3O3/c1-19-11-12-21(30)15-26(19)32-27(34)18-36-29(35)28-22-9-5-6-10-24(22)31-25-13-14-33(17-23(25)28)16-20-7-3-2-4-8-20/h2-12,15H,13-14,16-18H2,1H3,(H,32,34). The molecule has 1 N–H and O–H groups in total. The third-order valence-electron chi connectivity index (χ3n) is 6.39. The van der Waals surface area contributed by atoms with Gasteiger partial charge in [0.15, 0.2) is 6.61 Å². The number of hydrogen-bond donors (Lipinski definition) is 1. The summed E-state index contributed by atoms with van der Waals surface area (Å²) in [4.78, 5) is 33.1. The van der Waals surface area contributed by atoms with Crippen molar-refractivity contribution in [3.05, 3.63) is 106 Å². The number of hydrogen-bond acceptors (Lipinski definition) is 5. The van der Waals surface area contributed by atoms with E-state index in [1.165, 1.54) is 5.56 Å². The second-order valence-corrected chi connectivity index (χ2v) is 9.40. The molecule has 0 fully saturated rings. The highest BCUT2D eigenvalue weighted by atomic mass is 35.5. The molecule has 6 nitrogen and oxygen atoms in total. The Balaban J connectivity index is 1.38. The van der Waals surface area contributed by atoms with Gasteiger partial charge in [0.05, 0.1) is 11.1 Å². The number of nitrogens with zero attached hydrogens (tertiary/aromatic N) is 2. The predicted octanol–water partition coefficient (Wildman–Crippen LogP) is 5.55. The van der Waals surface area contributed by atoms with Crippen LogP contribution in [0.4, 0.5) is 5.69 Å². The molecule has 4 aromatic rings. The highest BCUT2D eigenvalue weighted by Crippen LogP contribution is 2.29. The van der Waals surface area contributed by atoms with Crippen LogP contribution in [-0.2, 0) is 29.0 Å². The smallest absolute Gasteiger partial charge is 0.339 e. The van der Waals surface area contributed by atoms with Crippen molar-refractivity contribution in [2.24, 2.45) is 0 Å². The number of halogens is 1. The molecular formula is C29H26ClN3O3. The van der Waals surface area contributed by atoms with E-state index in [0.717, 1.165) is 47.2 Å². The maximum absolute atomic E-state index is 13.4. The van der Waals surface area contributed by atoms with Crippen LogP contribution in [0.2, 0.25) is 5.02 Å². The average Bonchev–Trinajstić information content (AvgIpc) is 2.88. The van der Waals surface area contributed by atoms with Gasteiger partial charge in [-0.2, -0.15) is 0 Å². The zero-order chi connectivity index (χ0) is 25.1. The molecule has 3 aromatic carbocycles. The van der Waals surface area contributed by atoms with Crippen molar-refractivity contribution < 1.29 is 14.3 Å². The van der Waals surface area contributed by atoms with Crippen LogP contribution in [0, 0.1) is 6.92 Å². The van der Waals surface area contributed by atoms with Gasteiger partial charge in [0, 0.05) is 53.4 Å². The lowest BCUT2D eigenvalue weighted by Crippen LogP contribution is -2.32. The number of aryl methyl sites for hydroxylation is 1. The fraction of sp³-hybridized carbons (Fsp3) is 0.207. The molecule has 0 spiro atoms. The summed E-state index contributed by atoms with van der Waals surface area (Å²) < 4.78 is 5.53. The van der Waals surface area contributed by atoms with Crippen LogP contribution in [0.3, 0.4) is 0 Å². The maximum Gasteiger partial charge on any atom is 0.339 e. The number of nitrogens with one attached hydrogen (secondary N) is 1. The van der Waals surface area contributed by atoms with E-state index in [1.54, 1.807) is 12.1 Å². The molecule has 0 saturated heterocycles. The number of carbonyl (C=O) groups excluding carboxylic acids is 2. The molecule has 0 aliphatic carbocycles. The minimum Gasteiger partial charge on any atom is -0.452 e. The number of benzene rings is 3. The Kier molecular flexibility index (Phi) is 6.98. The number of aromatic nitrogens is 1. The summed E-state index contributed by atoms with van der Waals surface area (Å²) in [5.41, 5.74) is 5.68. The molecule has 0 radical (unpaired) electrons. The van der Waals surface area contributed by atoms with Crippen LogP contribution in [-0.4, -0.2) is 34.9 Å². The first-order valence-electron chi connectivity index (χ1n) is 11.9. The van der Waals surface area contributed by atoms with E-state index >= 15 is 0 Å². The number of pyridine rings is 1. The van der Waals surface area contributed by atoms with Crippen LogP contribution >= 0.6 is 11.6 Å². The summed E-state index contributed by atoms with van der Waals surface area (Å²) in [6.45, 7) is 3.69. The number of ether oxygens (including phenoxy) is 1. The number of rotatable bonds is 6. The first-order valence-corrected chi connectivity index (χ1v) is 12.3. The van der Waals surface area contributed by atoms with Gasteiger partial charge in [0.25, 0.3) is 5.91 Å². The van der Waals surface area contributed by atoms with Gasteiger partial charge >= 0.3 is 5.97 Å². The van der Waals surface area contributed by atoms with Crippen molar-refractivity contribution in [1.29, 1.82) is 0 Å². The summed E-state index contributed by atoms with van der Waals surface area (Å²) in [6.07, 6.45) is 0.738. The van der Waals surface area contributed by atoms with Gasteiger partial charge in [-0.05, 0) is 36.2 Å². The fourth-order valence-corrected chi connectivity index (χ4v) is 4.75. The highest BCUT2D eigenvalue weighted by molar-refractivity contribution is 6.31. The molecule has 0 atom stereocenters. The van der Waals surface area contributed by atoms with Crippen molar-refractivity contribution in [2.45, 2.75) is 26.4 Å². The van der Waals surface area contributed by atoms with E-state index in [1.807, 2.05) is 55.5 Å². The number of amides is 1. The molecule has 1 aromatic heterocycles. The van der Waals surface area contributed by atoms with Crippen molar-refractivity contribution in [3.63, 3.8) is 0 Å². The van der Waals surface area contributed by atoms with Gasteiger partial charge in [-0.25, -0.2) is 4.79 Å². The summed E-state index contributed by atoms with van der Waals surface area (Å²) in [5.74, 6) is -0.948. The van der Waals surface area contributed by atoms with Crippen molar-refractivity contribution >= 4 is 40.1 Å². The Hall–Kier alpha value is -3.74. The Morgan fingerprint density at radius 3 is 2.67 bits per heavy atom. The number of anilines is 1. The zero-order valence-electron chi connectivity index (χ0n) is 20.0. The summed E-state index contributed by atoms with van der Waals surface area (Å²) in [6, 6.07) is 23.1. The molecule has 1 aliphatic rings. The van der Waals surface area contributed by atoms with Gasteiger partial charge in [-0.1, -0.05) is 66.2 Å². The lowest BCUT2D eigenvalue weighted by molar-refractivity contribution is -0.119. The Labute approximate surface area is 214 Å². The molecular weight excluding hydrogens is 474 g/mol. The fourth-order valence-electron chi connectivity index (χ4n) is 4.57. The number of carbonyl (C=O) groups is 2. The summed E-state index contributed by atoms with van der Waals surface area (Å²) >= 11 is 6.05. The van der Waals surface area contributed by atoms with E-state index in [0.29, 0.717) is 22.8 Å². The first kappa shape index (κ1) is 24.0. The van der Waals surface area contributed by atoms with Gasteiger partial charge in [-0.3, -0.25) is 14.7 Å². The van der Waals surface area contributed by atoms with Gasteiger partial charge in [0.1, 0.15) is 0 Å². The van der Waals surface area contributed by atoms with Crippen molar-refractivity contribution in [2.75, 3.05) is 18.5 Å². The molecule has 1 amide bonds. The maximum atomic E-state index is 13.4.